The first-order valence-corrected chi connectivity index (χ1v) is 11.5. The summed E-state index contributed by atoms with van der Waals surface area (Å²) in [6.45, 7) is 0. The summed E-state index contributed by atoms with van der Waals surface area (Å²) >= 11 is 1.65. The minimum atomic E-state index is 0.532. The lowest BCUT2D eigenvalue weighted by Crippen LogP contribution is -2.47. The van der Waals surface area contributed by atoms with E-state index in [1.165, 1.54) is 25.7 Å². The fourth-order valence-corrected chi connectivity index (χ4v) is 6.08. The molecule has 3 aromatic heterocycles. The summed E-state index contributed by atoms with van der Waals surface area (Å²) in [5.74, 6) is 0. The summed E-state index contributed by atoms with van der Waals surface area (Å²) in [6, 6.07) is 12.1. The molecule has 5 heterocycles. The van der Waals surface area contributed by atoms with Crippen LogP contribution in [0.2, 0.25) is 0 Å². The normalized spacial score (nSPS) is 22.8. The van der Waals surface area contributed by atoms with Crippen LogP contribution in [-0.4, -0.2) is 44.9 Å². The Morgan fingerprint density at radius 1 is 1.19 bits per heavy atom. The monoisotopic (exact) mass is 429 g/mol. The second kappa shape index (κ2) is 7.01. The molecule has 2 fully saturated rings. The molecule has 0 amide bonds. The second-order valence-electron chi connectivity index (χ2n) is 8.77. The highest BCUT2D eigenvalue weighted by atomic mass is 32.1. The Balaban J connectivity index is 1.35. The van der Waals surface area contributed by atoms with E-state index in [4.69, 9.17) is 9.97 Å². The first-order valence-electron chi connectivity index (χ1n) is 10.7. The van der Waals surface area contributed by atoms with Crippen LogP contribution in [0.3, 0.4) is 0 Å². The van der Waals surface area contributed by atoms with Crippen LogP contribution in [0.15, 0.2) is 30.5 Å². The minimum Gasteiger partial charge on any atom is -0.348 e. The van der Waals surface area contributed by atoms with Crippen molar-refractivity contribution in [1.82, 2.24) is 25.1 Å². The van der Waals surface area contributed by atoms with Crippen molar-refractivity contribution in [2.45, 2.75) is 43.8 Å². The number of hydrogen-bond acceptors (Lipinski definition) is 7. The molecule has 6 rings (SSSR count). The number of pyridine rings is 1. The fourth-order valence-electron chi connectivity index (χ4n) is 5.10. The third-order valence-corrected chi connectivity index (χ3v) is 7.74. The van der Waals surface area contributed by atoms with E-state index in [0.717, 1.165) is 37.6 Å². The Morgan fingerprint density at radius 2 is 2.00 bits per heavy atom. The van der Waals surface area contributed by atoms with Gasteiger partial charge in [-0.3, -0.25) is 4.68 Å². The van der Waals surface area contributed by atoms with E-state index < -0.39 is 0 Å². The van der Waals surface area contributed by atoms with E-state index in [-0.39, 0.29) is 0 Å². The number of hydrogen-bond donors (Lipinski definition) is 1. The molecule has 156 valence electrons. The zero-order valence-corrected chi connectivity index (χ0v) is 18.4. The van der Waals surface area contributed by atoms with Crippen LogP contribution in [0.5, 0.6) is 0 Å². The number of piperidine rings is 1. The van der Waals surface area contributed by atoms with Crippen LogP contribution in [0.25, 0.3) is 32.5 Å². The van der Waals surface area contributed by atoms with Crippen molar-refractivity contribution in [2.75, 3.05) is 11.9 Å². The van der Waals surface area contributed by atoms with Crippen LogP contribution in [0.1, 0.15) is 31.2 Å². The molecular formula is C23H23N7S. The Hall–Kier alpha value is -3.02. The summed E-state index contributed by atoms with van der Waals surface area (Å²) < 4.78 is 1.74. The first-order chi connectivity index (χ1) is 15.1. The lowest BCUT2D eigenvalue weighted by molar-refractivity contribution is 0.354. The lowest BCUT2D eigenvalue weighted by Gasteiger charge is -2.35. The summed E-state index contributed by atoms with van der Waals surface area (Å²) in [7, 11) is 4.04. The maximum atomic E-state index is 9.58. The number of rotatable bonds is 3. The predicted octanol–water partition coefficient (Wildman–Crippen LogP) is 3.84. The number of thiazole rings is 1. The number of nitrogens with zero attached hydrogens (tertiary/aromatic N) is 6. The third-order valence-electron chi connectivity index (χ3n) is 6.68. The van der Waals surface area contributed by atoms with Gasteiger partial charge in [0.15, 0.2) is 5.13 Å². The van der Waals surface area contributed by atoms with Crippen LogP contribution >= 0.6 is 11.3 Å². The standard InChI is InChI=1S/C23H23N7S/c1-29-12-15-8-13(7-14(11-24)21(15)28-29)19-5-6-20-22(26-19)31-23(27-20)30(2)18-9-16-3-4-17(10-18)25-16/h5-8,12,16-18,25H,3-4,9-10H2,1-2H3. The minimum absolute atomic E-state index is 0.532. The molecule has 8 heteroatoms. The van der Waals surface area contributed by atoms with Crippen LogP contribution < -0.4 is 10.2 Å². The van der Waals surface area contributed by atoms with E-state index in [1.54, 1.807) is 16.0 Å². The molecule has 0 aliphatic carbocycles. The Bertz CT molecular complexity index is 1340. The Kier molecular flexibility index (Phi) is 4.23. The molecule has 1 aromatic carbocycles. The molecule has 7 nitrogen and oxygen atoms in total. The van der Waals surface area contributed by atoms with Crippen molar-refractivity contribution in [2.24, 2.45) is 7.05 Å². The maximum Gasteiger partial charge on any atom is 0.187 e. The molecule has 1 N–H and O–H groups in total. The highest BCUT2D eigenvalue weighted by Crippen LogP contribution is 2.35. The van der Waals surface area contributed by atoms with Gasteiger partial charge < -0.3 is 10.2 Å². The number of benzene rings is 1. The molecule has 2 bridgehead atoms. The van der Waals surface area contributed by atoms with Gasteiger partial charge in [0.25, 0.3) is 0 Å². The highest BCUT2D eigenvalue weighted by molar-refractivity contribution is 7.21. The van der Waals surface area contributed by atoms with Gasteiger partial charge >= 0.3 is 0 Å². The van der Waals surface area contributed by atoms with Gasteiger partial charge in [0.1, 0.15) is 21.9 Å². The van der Waals surface area contributed by atoms with Crippen LogP contribution in [-0.2, 0) is 7.05 Å². The van der Waals surface area contributed by atoms with Gasteiger partial charge in [-0.15, -0.1) is 0 Å². The zero-order valence-electron chi connectivity index (χ0n) is 17.5. The smallest absolute Gasteiger partial charge is 0.187 e. The van der Waals surface area contributed by atoms with Crippen molar-refractivity contribution >= 4 is 37.7 Å². The van der Waals surface area contributed by atoms with Crippen molar-refractivity contribution in [3.8, 4) is 17.3 Å². The third kappa shape index (κ3) is 3.16. The zero-order chi connectivity index (χ0) is 21.1. The van der Waals surface area contributed by atoms with E-state index >= 15 is 0 Å². The highest BCUT2D eigenvalue weighted by Gasteiger charge is 2.35. The van der Waals surface area contributed by atoms with E-state index in [1.807, 2.05) is 31.4 Å². The molecule has 0 spiro atoms. The van der Waals surface area contributed by atoms with Crippen LogP contribution in [0.4, 0.5) is 5.13 Å². The van der Waals surface area contributed by atoms with Crippen molar-refractivity contribution in [3.63, 3.8) is 0 Å². The number of anilines is 1. The topological polar surface area (TPSA) is 82.7 Å². The molecule has 2 aliphatic heterocycles. The number of nitrogens with one attached hydrogen (secondary N) is 1. The first kappa shape index (κ1) is 18.7. The number of aryl methyl sites for hydroxylation is 1. The Morgan fingerprint density at radius 3 is 2.77 bits per heavy atom. The molecular weight excluding hydrogens is 406 g/mol. The van der Waals surface area contributed by atoms with Gasteiger partial charge in [0, 0.05) is 49.4 Å². The average molecular weight is 430 g/mol. The van der Waals surface area contributed by atoms with Gasteiger partial charge in [0.2, 0.25) is 0 Å². The largest absolute Gasteiger partial charge is 0.348 e. The van der Waals surface area contributed by atoms with E-state index in [0.29, 0.717) is 23.7 Å². The predicted molar refractivity (Wildman–Crippen MR) is 123 cm³/mol. The van der Waals surface area contributed by atoms with Crippen molar-refractivity contribution in [1.29, 1.82) is 5.26 Å². The number of nitriles is 1. The fraction of sp³-hybridized carbons (Fsp3) is 0.391. The molecule has 4 aromatic rings. The summed E-state index contributed by atoms with van der Waals surface area (Å²) in [4.78, 5) is 13.1. The molecule has 31 heavy (non-hydrogen) atoms. The summed E-state index contributed by atoms with van der Waals surface area (Å²) in [5.41, 5.74) is 4.01. The average Bonchev–Trinajstić information content (AvgIpc) is 3.46. The molecule has 0 saturated carbocycles. The SMILES string of the molecule is CN(c1nc2ccc(-c3cc(C#N)c4nn(C)cc4c3)nc2s1)C1CC2CCC(C1)N2. The molecule has 2 saturated heterocycles. The number of fused-ring (bicyclic) bond motifs is 4. The Labute approximate surface area is 184 Å². The molecule has 2 atom stereocenters. The molecule has 2 aliphatic rings. The van der Waals surface area contributed by atoms with Crippen LogP contribution in [0, 0.1) is 11.3 Å². The van der Waals surface area contributed by atoms with Gasteiger partial charge in [-0.2, -0.15) is 10.4 Å². The van der Waals surface area contributed by atoms with Crippen molar-refractivity contribution in [3.05, 3.63) is 36.0 Å². The lowest BCUT2D eigenvalue weighted by atomic mass is 9.99. The second-order valence-corrected chi connectivity index (χ2v) is 9.72. The van der Waals surface area contributed by atoms with E-state index in [9.17, 15) is 5.26 Å². The van der Waals surface area contributed by atoms with Gasteiger partial charge in [-0.25, -0.2) is 9.97 Å². The van der Waals surface area contributed by atoms with Gasteiger partial charge in [-0.05, 0) is 49.9 Å². The maximum absolute atomic E-state index is 9.58. The van der Waals surface area contributed by atoms with Gasteiger partial charge in [-0.1, -0.05) is 11.3 Å². The molecule has 0 radical (unpaired) electrons. The summed E-state index contributed by atoms with van der Waals surface area (Å²) in [6.07, 6.45) is 6.90. The quantitative estimate of drug-likeness (QED) is 0.533. The molecule has 2 unspecified atom stereocenters. The van der Waals surface area contributed by atoms with E-state index in [2.05, 4.69) is 34.5 Å². The van der Waals surface area contributed by atoms with Gasteiger partial charge in [0.05, 0.1) is 11.3 Å². The summed E-state index contributed by atoms with van der Waals surface area (Å²) in [5, 5.41) is 19.7. The number of aromatic nitrogens is 4. The van der Waals surface area contributed by atoms with Crippen molar-refractivity contribution < 1.29 is 0 Å².